The third-order valence-electron chi connectivity index (χ3n) is 3.09. The molecule has 112 valence electrons. The summed E-state index contributed by atoms with van der Waals surface area (Å²) < 4.78 is 27.3. The summed E-state index contributed by atoms with van der Waals surface area (Å²) in [5.41, 5.74) is -0.280. The standard InChI is InChI=1S/C15H16F2N2OS/c1-8-4-5-13(21-8)9(2)19-15(20)10-6-11(16)14(18-3)12(17)7-10/h4-7,9,18H,1-3H3,(H,19,20). The number of amides is 1. The van der Waals surface area contributed by atoms with Crippen molar-refractivity contribution in [2.45, 2.75) is 19.9 Å². The van der Waals surface area contributed by atoms with Crippen LogP contribution in [0.4, 0.5) is 14.5 Å². The van der Waals surface area contributed by atoms with Gasteiger partial charge in [-0.3, -0.25) is 4.79 Å². The zero-order valence-electron chi connectivity index (χ0n) is 12.0. The van der Waals surface area contributed by atoms with Gasteiger partial charge in [0.2, 0.25) is 0 Å². The Morgan fingerprint density at radius 1 is 1.24 bits per heavy atom. The number of rotatable bonds is 4. The van der Waals surface area contributed by atoms with Gasteiger partial charge in [-0.2, -0.15) is 0 Å². The fourth-order valence-corrected chi connectivity index (χ4v) is 2.86. The highest BCUT2D eigenvalue weighted by Gasteiger charge is 2.17. The molecule has 0 radical (unpaired) electrons. The van der Waals surface area contributed by atoms with Crippen LogP contribution < -0.4 is 10.6 Å². The normalized spacial score (nSPS) is 12.0. The van der Waals surface area contributed by atoms with Gasteiger partial charge in [-0.05, 0) is 38.1 Å². The Hall–Kier alpha value is -1.95. The highest BCUT2D eigenvalue weighted by atomic mass is 32.1. The molecule has 6 heteroatoms. The van der Waals surface area contributed by atoms with E-state index in [9.17, 15) is 13.6 Å². The van der Waals surface area contributed by atoms with E-state index in [1.54, 1.807) is 11.3 Å². The van der Waals surface area contributed by atoms with Crippen LogP contribution in [0.25, 0.3) is 0 Å². The van der Waals surface area contributed by atoms with Gasteiger partial charge >= 0.3 is 0 Å². The molecule has 0 aliphatic rings. The van der Waals surface area contributed by atoms with Crippen molar-refractivity contribution in [3.8, 4) is 0 Å². The predicted molar refractivity (Wildman–Crippen MR) is 80.8 cm³/mol. The van der Waals surface area contributed by atoms with E-state index in [1.807, 2.05) is 26.0 Å². The summed E-state index contributed by atoms with van der Waals surface area (Å²) in [6.07, 6.45) is 0. The molecule has 0 saturated heterocycles. The van der Waals surface area contributed by atoms with Gasteiger partial charge in [-0.15, -0.1) is 11.3 Å². The van der Waals surface area contributed by atoms with Gasteiger partial charge in [0, 0.05) is 22.4 Å². The van der Waals surface area contributed by atoms with Gasteiger partial charge < -0.3 is 10.6 Å². The number of carbonyl (C=O) groups excluding carboxylic acids is 1. The number of benzene rings is 1. The molecule has 1 amide bonds. The lowest BCUT2D eigenvalue weighted by Crippen LogP contribution is -2.26. The SMILES string of the molecule is CNc1c(F)cc(C(=O)NC(C)c2ccc(C)s2)cc1F. The molecule has 1 heterocycles. The average molecular weight is 310 g/mol. The molecule has 1 aromatic heterocycles. The maximum absolute atomic E-state index is 13.7. The fourth-order valence-electron chi connectivity index (χ4n) is 1.98. The number of hydrogen-bond acceptors (Lipinski definition) is 3. The average Bonchev–Trinajstić information content (AvgIpc) is 2.85. The number of thiophene rings is 1. The maximum Gasteiger partial charge on any atom is 0.251 e. The minimum Gasteiger partial charge on any atom is -0.383 e. The number of carbonyl (C=O) groups is 1. The molecule has 0 bridgehead atoms. The van der Waals surface area contributed by atoms with E-state index in [1.165, 1.54) is 7.05 Å². The molecule has 2 rings (SSSR count). The van der Waals surface area contributed by atoms with Gasteiger partial charge in [0.05, 0.1) is 6.04 Å². The second kappa shape index (κ2) is 6.22. The van der Waals surface area contributed by atoms with E-state index in [2.05, 4.69) is 10.6 Å². The molecule has 2 aromatic rings. The quantitative estimate of drug-likeness (QED) is 0.900. The molecule has 2 N–H and O–H groups in total. The first-order valence-corrected chi connectivity index (χ1v) is 7.28. The first-order chi connectivity index (χ1) is 9.92. The first kappa shape index (κ1) is 15.4. The Kier molecular flexibility index (Phi) is 4.57. The zero-order chi connectivity index (χ0) is 15.6. The summed E-state index contributed by atoms with van der Waals surface area (Å²) in [5, 5.41) is 5.15. The van der Waals surface area contributed by atoms with Crippen molar-refractivity contribution in [2.24, 2.45) is 0 Å². The van der Waals surface area contributed by atoms with Crippen molar-refractivity contribution in [2.75, 3.05) is 12.4 Å². The molecular formula is C15H16F2N2OS. The number of hydrogen-bond donors (Lipinski definition) is 2. The molecule has 0 aliphatic carbocycles. The molecule has 1 unspecified atom stereocenters. The minimum absolute atomic E-state index is 0.0378. The minimum atomic E-state index is -0.790. The number of anilines is 1. The highest BCUT2D eigenvalue weighted by Crippen LogP contribution is 2.24. The summed E-state index contributed by atoms with van der Waals surface area (Å²) in [4.78, 5) is 14.2. The van der Waals surface area contributed by atoms with Crippen molar-refractivity contribution in [1.82, 2.24) is 5.32 Å². The summed E-state index contributed by atoms with van der Waals surface area (Å²) in [7, 11) is 1.42. The van der Waals surface area contributed by atoms with Crippen molar-refractivity contribution in [3.63, 3.8) is 0 Å². The van der Waals surface area contributed by atoms with Crippen LogP contribution >= 0.6 is 11.3 Å². The van der Waals surface area contributed by atoms with E-state index in [-0.39, 0.29) is 17.3 Å². The topological polar surface area (TPSA) is 41.1 Å². The second-order valence-electron chi connectivity index (χ2n) is 4.71. The third-order valence-corrected chi connectivity index (χ3v) is 4.27. The molecule has 0 aliphatic heterocycles. The van der Waals surface area contributed by atoms with Crippen LogP contribution in [-0.2, 0) is 0 Å². The van der Waals surface area contributed by atoms with Crippen LogP contribution in [0, 0.1) is 18.6 Å². The number of nitrogens with one attached hydrogen (secondary N) is 2. The van der Waals surface area contributed by atoms with Crippen LogP contribution in [0.1, 0.15) is 33.1 Å². The van der Waals surface area contributed by atoms with Gasteiger partial charge in [-0.1, -0.05) is 0 Å². The van der Waals surface area contributed by atoms with Gasteiger partial charge in [0.25, 0.3) is 5.91 Å². The first-order valence-electron chi connectivity index (χ1n) is 6.46. The number of halogens is 2. The summed E-state index contributed by atoms with van der Waals surface area (Å²) >= 11 is 1.57. The molecule has 0 spiro atoms. The van der Waals surface area contributed by atoms with Crippen molar-refractivity contribution >= 4 is 22.9 Å². The third kappa shape index (κ3) is 3.39. The van der Waals surface area contributed by atoms with E-state index in [0.29, 0.717) is 0 Å². The Bertz CT molecular complexity index is 646. The van der Waals surface area contributed by atoms with E-state index >= 15 is 0 Å². The van der Waals surface area contributed by atoms with Crippen molar-refractivity contribution in [1.29, 1.82) is 0 Å². The Morgan fingerprint density at radius 3 is 2.33 bits per heavy atom. The van der Waals surface area contributed by atoms with E-state index in [4.69, 9.17) is 0 Å². The van der Waals surface area contributed by atoms with Crippen LogP contribution in [0.3, 0.4) is 0 Å². The molecule has 21 heavy (non-hydrogen) atoms. The smallest absolute Gasteiger partial charge is 0.251 e. The molecular weight excluding hydrogens is 294 g/mol. The monoisotopic (exact) mass is 310 g/mol. The van der Waals surface area contributed by atoms with Crippen LogP contribution in [0.2, 0.25) is 0 Å². The van der Waals surface area contributed by atoms with Crippen LogP contribution in [-0.4, -0.2) is 13.0 Å². The van der Waals surface area contributed by atoms with Crippen molar-refractivity contribution in [3.05, 3.63) is 51.2 Å². The molecule has 3 nitrogen and oxygen atoms in total. The Balaban J connectivity index is 2.17. The summed E-state index contributed by atoms with van der Waals surface area (Å²) in [5.74, 6) is -2.08. The maximum atomic E-state index is 13.7. The molecule has 0 fully saturated rings. The Labute approximate surface area is 126 Å². The lowest BCUT2D eigenvalue weighted by Gasteiger charge is -2.13. The Morgan fingerprint density at radius 2 is 1.86 bits per heavy atom. The molecule has 1 atom stereocenters. The van der Waals surface area contributed by atoms with Gasteiger partial charge in [0.1, 0.15) is 17.3 Å². The van der Waals surface area contributed by atoms with Crippen LogP contribution in [0.5, 0.6) is 0 Å². The number of aryl methyl sites for hydroxylation is 1. The second-order valence-corrected chi connectivity index (χ2v) is 6.03. The van der Waals surface area contributed by atoms with E-state index < -0.39 is 17.5 Å². The predicted octanol–water partition coefficient (Wildman–Crippen LogP) is 3.87. The fraction of sp³-hybridized carbons (Fsp3) is 0.267. The largest absolute Gasteiger partial charge is 0.383 e. The van der Waals surface area contributed by atoms with Crippen LogP contribution in [0.15, 0.2) is 24.3 Å². The highest BCUT2D eigenvalue weighted by molar-refractivity contribution is 7.12. The van der Waals surface area contributed by atoms with Gasteiger partial charge in [-0.25, -0.2) is 8.78 Å². The molecule has 1 aromatic carbocycles. The van der Waals surface area contributed by atoms with Crippen molar-refractivity contribution < 1.29 is 13.6 Å². The molecule has 0 saturated carbocycles. The van der Waals surface area contributed by atoms with Gasteiger partial charge in [0.15, 0.2) is 0 Å². The lowest BCUT2D eigenvalue weighted by molar-refractivity contribution is 0.0939. The summed E-state index contributed by atoms with van der Waals surface area (Å²) in [6, 6.07) is 5.72. The van der Waals surface area contributed by atoms with E-state index in [0.717, 1.165) is 21.9 Å². The summed E-state index contributed by atoms with van der Waals surface area (Å²) in [6.45, 7) is 3.81. The lowest BCUT2D eigenvalue weighted by atomic mass is 10.1. The zero-order valence-corrected chi connectivity index (χ0v) is 12.8.